The topological polar surface area (TPSA) is 46.8 Å². The van der Waals surface area contributed by atoms with Crippen molar-refractivity contribution in [3.8, 4) is 11.4 Å². The summed E-state index contributed by atoms with van der Waals surface area (Å²) >= 11 is 0. The van der Waals surface area contributed by atoms with Gasteiger partial charge in [-0.3, -0.25) is 14.6 Å². The Hall–Kier alpha value is -1.75. The summed E-state index contributed by atoms with van der Waals surface area (Å²) in [6.07, 6.45) is 9.11. The van der Waals surface area contributed by atoms with E-state index in [1.165, 1.54) is 12.8 Å². The van der Waals surface area contributed by atoms with E-state index < -0.39 is 0 Å². The normalized spacial score (nSPS) is 17.2. The molecule has 2 aromatic heterocycles. The van der Waals surface area contributed by atoms with E-state index in [1.807, 2.05) is 29.3 Å². The van der Waals surface area contributed by atoms with Gasteiger partial charge in [0.05, 0.1) is 17.6 Å². The zero-order chi connectivity index (χ0) is 14.7. The highest BCUT2D eigenvalue weighted by Gasteiger charge is 2.20. The monoisotopic (exact) mass is 285 g/mol. The zero-order valence-corrected chi connectivity index (χ0v) is 12.9. The molecule has 0 aromatic carbocycles. The van der Waals surface area contributed by atoms with Crippen LogP contribution in [0.25, 0.3) is 11.4 Å². The number of aromatic nitrogens is 4. The Labute approximate surface area is 126 Å². The highest BCUT2D eigenvalue weighted by Crippen LogP contribution is 2.26. The summed E-state index contributed by atoms with van der Waals surface area (Å²) in [5, 5.41) is 4.35. The number of likely N-dealkylation sites (tertiary alicyclic amines) is 1. The van der Waals surface area contributed by atoms with Gasteiger partial charge in [-0.25, -0.2) is 0 Å². The average molecular weight is 285 g/mol. The van der Waals surface area contributed by atoms with Gasteiger partial charge in [0.25, 0.3) is 0 Å². The highest BCUT2D eigenvalue weighted by atomic mass is 15.3. The predicted octanol–water partition coefficient (Wildman–Crippen LogP) is 2.56. The molecule has 0 unspecified atom stereocenters. The third-order valence-corrected chi connectivity index (χ3v) is 4.22. The number of hydrogen-bond acceptors (Lipinski definition) is 4. The fourth-order valence-corrected chi connectivity index (χ4v) is 2.93. The van der Waals surface area contributed by atoms with Crippen LogP contribution in [0.2, 0.25) is 0 Å². The molecule has 1 aliphatic rings. The maximum absolute atomic E-state index is 4.66. The maximum atomic E-state index is 4.66. The molecule has 1 saturated heterocycles. The van der Waals surface area contributed by atoms with Crippen LogP contribution in [0.15, 0.2) is 24.7 Å². The van der Waals surface area contributed by atoms with Crippen LogP contribution in [0.4, 0.5) is 0 Å². The summed E-state index contributed by atoms with van der Waals surface area (Å²) in [7, 11) is 2.18. The second-order valence-electron chi connectivity index (χ2n) is 5.84. The summed E-state index contributed by atoms with van der Waals surface area (Å²) in [6.45, 7) is 5.37. The molecule has 1 aliphatic heterocycles. The van der Waals surface area contributed by atoms with E-state index in [2.05, 4.69) is 33.9 Å². The highest BCUT2D eigenvalue weighted by molar-refractivity contribution is 5.52. The first kappa shape index (κ1) is 14.2. The average Bonchev–Trinajstić information content (AvgIpc) is 2.97. The van der Waals surface area contributed by atoms with E-state index >= 15 is 0 Å². The van der Waals surface area contributed by atoms with Crippen molar-refractivity contribution in [2.75, 3.05) is 20.1 Å². The van der Waals surface area contributed by atoms with Gasteiger partial charge in [0.15, 0.2) is 0 Å². The Kier molecular flexibility index (Phi) is 4.29. The van der Waals surface area contributed by atoms with Crippen LogP contribution in [0.1, 0.15) is 37.8 Å². The minimum atomic E-state index is 0.559. The molecule has 0 spiro atoms. The third kappa shape index (κ3) is 3.13. The van der Waals surface area contributed by atoms with Gasteiger partial charge in [-0.1, -0.05) is 6.92 Å². The molecule has 3 rings (SSSR count). The van der Waals surface area contributed by atoms with Gasteiger partial charge in [0.2, 0.25) is 0 Å². The molecule has 0 saturated carbocycles. The number of piperidine rings is 1. The minimum Gasteiger partial charge on any atom is -0.306 e. The molecule has 5 heteroatoms. The van der Waals surface area contributed by atoms with Crippen molar-refractivity contribution in [3.05, 3.63) is 30.4 Å². The van der Waals surface area contributed by atoms with Gasteiger partial charge in [-0.2, -0.15) is 5.10 Å². The summed E-state index contributed by atoms with van der Waals surface area (Å²) < 4.78 is 2.00. The molecule has 0 atom stereocenters. The summed E-state index contributed by atoms with van der Waals surface area (Å²) in [6, 6.07) is 2.01. The number of aryl methyl sites for hydroxylation is 1. The summed E-state index contributed by atoms with van der Waals surface area (Å²) in [5.74, 6) is 0.559. The Morgan fingerprint density at radius 2 is 2.00 bits per heavy atom. The first-order valence-electron chi connectivity index (χ1n) is 7.80. The van der Waals surface area contributed by atoms with Crippen molar-refractivity contribution < 1.29 is 0 Å². The molecule has 5 nitrogen and oxygen atoms in total. The molecule has 112 valence electrons. The van der Waals surface area contributed by atoms with Crippen LogP contribution in [0.3, 0.4) is 0 Å². The second-order valence-corrected chi connectivity index (χ2v) is 5.84. The lowest BCUT2D eigenvalue weighted by atomic mass is 9.94. The molecular formula is C16H23N5. The molecule has 1 fully saturated rings. The Morgan fingerprint density at radius 1 is 1.19 bits per heavy atom. The second kappa shape index (κ2) is 6.35. The van der Waals surface area contributed by atoms with Gasteiger partial charge < -0.3 is 4.90 Å². The van der Waals surface area contributed by atoms with Gasteiger partial charge in [-0.15, -0.1) is 0 Å². The van der Waals surface area contributed by atoms with Crippen LogP contribution in [0, 0.1) is 0 Å². The van der Waals surface area contributed by atoms with Gasteiger partial charge >= 0.3 is 0 Å². The SMILES string of the molecule is CCCn1nccc1-c1cnc(C2CCN(C)CC2)cn1. The summed E-state index contributed by atoms with van der Waals surface area (Å²) in [5.41, 5.74) is 3.10. The third-order valence-electron chi connectivity index (χ3n) is 4.22. The Morgan fingerprint density at radius 3 is 2.67 bits per heavy atom. The predicted molar refractivity (Wildman–Crippen MR) is 83.0 cm³/mol. The molecule has 0 bridgehead atoms. The van der Waals surface area contributed by atoms with Crippen molar-refractivity contribution in [2.24, 2.45) is 0 Å². The smallest absolute Gasteiger partial charge is 0.107 e. The largest absolute Gasteiger partial charge is 0.306 e. The summed E-state index contributed by atoms with van der Waals surface area (Å²) in [4.78, 5) is 11.7. The number of hydrogen-bond donors (Lipinski definition) is 0. The lowest BCUT2D eigenvalue weighted by Crippen LogP contribution is -2.29. The van der Waals surface area contributed by atoms with E-state index in [0.717, 1.165) is 43.1 Å². The fraction of sp³-hybridized carbons (Fsp3) is 0.562. The first-order valence-corrected chi connectivity index (χ1v) is 7.80. The van der Waals surface area contributed by atoms with Crippen LogP contribution in [-0.4, -0.2) is 44.8 Å². The van der Waals surface area contributed by atoms with Crippen LogP contribution in [-0.2, 0) is 6.54 Å². The lowest BCUT2D eigenvalue weighted by Gasteiger charge is -2.28. The maximum Gasteiger partial charge on any atom is 0.107 e. The molecule has 0 radical (unpaired) electrons. The van der Waals surface area contributed by atoms with Gasteiger partial charge in [-0.05, 0) is 45.5 Å². The Bertz CT molecular complexity index is 567. The molecule has 21 heavy (non-hydrogen) atoms. The van der Waals surface area contributed by atoms with E-state index in [-0.39, 0.29) is 0 Å². The minimum absolute atomic E-state index is 0.559. The standard InChI is InChI=1S/C16H23N5/c1-3-8-21-16(4-7-19-21)15-12-17-14(11-18-15)13-5-9-20(2)10-6-13/h4,7,11-13H,3,5-6,8-10H2,1-2H3. The quantitative estimate of drug-likeness (QED) is 0.866. The van der Waals surface area contributed by atoms with Crippen molar-refractivity contribution in [1.82, 2.24) is 24.6 Å². The fourth-order valence-electron chi connectivity index (χ4n) is 2.93. The molecular weight excluding hydrogens is 262 g/mol. The molecule has 2 aromatic rings. The van der Waals surface area contributed by atoms with E-state index in [1.54, 1.807) is 0 Å². The number of nitrogens with zero attached hydrogens (tertiary/aromatic N) is 5. The van der Waals surface area contributed by atoms with Crippen LogP contribution >= 0.6 is 0 Å². The van der Waals surface area contributed by atoms with Gasteiger partial charge in [0, 0.05) is 24.9 Å². The van der Waals surface area contributed by atoms with Crippen LogP contribution in [0.5, 0.6) is 0 Å². The van der Waals surface area contributed by atoms with Crippen molar-refractivity contribution in [3.63, 3.8) is 0 Å². The van der Waals surface area contributed by atoms with E-state index in [4.69, 9.17) is 0 Å². The molecule has 0 amide bonds. The zero-order valence-electron chi connectivity index (χ0n) is 12.9. The number of rotatable bonds is 4. The van der Waals surface area contributed by atoms with Crippen molar-refractivity contribution >= 4 is 0 Å². The van der Waals surface area contributed by atoms with Crippen LogP contribution < -0.4 is 0 Å². The van der Waals surface area contributed by atoms with E-state index in [9.17, 15) is 0 Å². The lowest BCUT2D eigenvalue weighted by molar-refractivity contribution is 0.253. The van der Waals surface area contributed by atoms with Crippen molar-refractivity contribution in [2.45, 2.75) is 38.6 Å². The van der Waals surface area contributed by atoms with Gasteiger partial charge in [0.1, 0.15) is 5.69 Å². The molecule has 0 N–H and O–H groups in total. The Balaban J connectivity index is 1.76. The van der Waals surface area contributed by atoms with E-state index in [0.29, 0.717) is 5.92 Å². The molecule has 0 aliphatic carbocycles. The first-order chi connectivity index (χ1) is 10.3. The molecule has 3 heterocycles. The van der Waals surface area contributed by atoms with Crippen molar-refractivity contribution in [1.29, 1.82) is 0 Å².